The molecule has 0 aliphatic rings. The number of amides is 1. The molecule has 0 saturated heterocycles. The van der Waals surface area contributed by atoms with Gasteiger partial charge in [-0.25, -0.2) is 0 Å². The van der Waals surface area contributed by atoms with Crippen LogP contribution in [-0.2, 0) is 0 Å². The Balaban J connectivity index is 2.34. The molecule has 4 N–H and O–H groups in total. The van der Waals surface area contributed by atoms with Gasteiger partial charge in [-0.05, 0) is 24.3 Å². The van der Waals surface area contributed by atoms with E-state index in [2.05, 4.69) is 4.98 Å². The van der Waals surface area contributed by atoms with Gasteiger partial charge in [0, 0.05) is 11.1 Å². The standard InChI is InChI=1S/C12H11N3O/c13-10-5-6-11(15-7-10)8-1-3-9(4-2-8)12(14)16/h1-7H,13H2,(H2,14,16). The fourth-order valence-corrected chi connectivity index (χ4v) is 1.38. The highest BCUT2D eigenvalue weighted by molar-refractivity contribution is 5.93. The van der Waals surface area contributed by atoms with E-state index in [4.69, 9.17) is 11.5 Å². The smallest absolute Gasteiger partial charge is 0.248 e. The summed E-state index contributed by atoms with van der Waals surface area (Å²) < 4.78 is 0. The van der Waals surface area contributed by atoms with E-state index in [1.54, 1.807) is 36.5 Å². The second kappa shape index (κ2) is 4.02. The van der Waals surface area contributed by atoms with Crippen molar-refractivity contribution in [2.75, 3.05) is 5.73 Å². The van der Waals surface area contributed by atoms with Crippen molar-refractivity contribution in [3.8, 4) is 11.3 Å². The minimum atomic E-state index is -0.434. The number of hydrogen-bond acceptors (Lipinski definition) is 3. The highest BCUT2D eigenvalue weighted by Crippen LogP contribution is 2.17. The normalized spacial score (nSPS) is 10.0. The van der Waals surface area contributed by atoms with Crippen LogP contribution in [0.15, 0.2) is 42.6 Å². The van der Waals surface area contributed by atoms with Crippen LogP contribution in [0.3, 0.4) is 0 Å². The summed E-state index contributed by atoms with van der Waals surface area (Å²) in [6.07, 6.45) is 1.59. The minimum absolute atomic E-state index is 0.434. The molecule has 1 aromatic carbocycles. The van der Waals surface area contributed by atoms with Gasteiger partial charge in [0.15, 0.2) is 0 Å². The molecule has 0 spiro atoms. The molecule has 1 aromatic heterocycles. The van der Waals surface area contributed by atoms with Crippen LogP contribution in [0, 0.1) is 0 Å². The summed E-state index contributed by atoms with van der Waals surface area (Å²) in [5.74, 6) is -0.434. The maximum atomic E-state index is 10.9. The second-order valence-electron chi connectivity index (χ2n) is 3.42. The van der Waals surface area contributed by atoms with Crippen molar-refractivity contribution >= 4 is 11.6 Å². The molecule has 0 atom stereocenters. The molecule has 0 aliphatic heterocycles. The predicted octanol–water partition coefficient (Wildman–Crippen LogP) is 1.43. The number of pyridine rings is 1. The van der Waals surface area contributed by atoms with Gasteiger partial charge in [0.1, 0.15) is 0 Å². The first-order valence-corrected chi connectivity index (χ1v) is 4.78. The van der Waals surface area contributed by atoms with E-state index in [-0.39, 0.29) is 0 Å². The number of nitrogen functional groups attached to an aromatic ring is 1. The van der Waals surface area contributed by atoms with E-state index in [0.29, 0.717) is 11.3 Å². The molecule has 0 unspecified atom stereocenters. The molecule has 0 aliphatic carbocycles. The summed E-state index contributed by atoms with van der Waals surface area (Å²) in [5.41, 5.74) is 13.5. The molecule has 0 saturated carbocycles. The van der Waals surface area contributed by atoms with E-state index < -0.39 is 5.91 Å². The zero-order valence-electron chi connectivity index (χ0n) is 8.55. The van der Waals surface area contributed by atoms with E-state index in [1.165, 1.54) is 0 Å². The summed E-state index contributed by atoms with van der Waals surface area (Å²) in [5, 5.41) is 0. The lowest BCUT2D eigenvalue weighted by Gasteiger charge is -2.02. The molecule has 80 valence electrons. The maximum Gasteiger partial charge on any atom is 0.248 e. The van der Waals surface area contributed by atoms with E-state index in [9.17, 15) is 4.79 Å². The summed E-state index contributed by atoms with van der Waals surface area (Å²) in [4.78, 5) is 15.1. The number of aromatic nitrogens is 1. The highest BCUT2D eigenvalue weighted by Gasteiger charge is 2.02. The molecule has 0 radical (unpaired) electrons. The van der Waals surface area contributed by atoms with Crippen LogP contribution in [0.4, 0.5) is 5.69 Å². The van der Waals surface area contributed by atoms with Crippen LogP contribution in [0.5, 0.6) is 0 Å². The van der Waals surface area contributed by atoms with Gasteiger partial charge in [-0.15, -0.1) is 0 Å². The van der Waals surface area contributed by atoms with Gasteiger partial charge in [-0.1, -0.05) is 12.1 Å². The average Bonchev–Trinajstić information content (AvgIpc) is 2.30. The van der Waals surface area contributed by atoms with Gasteiger partial charge < -0.3 is 11.5 Å². The number of rotatable bonds is 2. The Kier molecular flexibility index (Phi) is 2.55. The summed E-state index contributed by atoms with van der Waals surface area (Å²) in [6, 6.07) is 10.6. The van der Waals surface area contributed by atoms with E-state index in [1.807, 2.05) is 6.07 Å². The first-order chi connectivity index (χ1) is 7.66. The Bertz CT molecular complexity index is 503. The predicted molar refractivity (Wildman–Crippen MR) is 62.6 cm³/mol. The Morgan fingerprint density at radius 2 is 1.75 bits per heavy atom. The first-order valence-electron chi connectivity index (χ1n) is 4.78. The number of anilines is 1. The van der Waals surface area contributed by atoms with Crippen molar-refractivity contribution < 1.29 is 4.79 Å². The zero-order valence-corrected chi connectivity index (χ0v) is 8.55. The molecule has 0 bridgehead atoms. The number of carbonyl (C=O) groups is 1. The second-order valence-corrected chi connectivity index (χ2v) is 3.42. The Morgan fingerprint density at radius 1 is 1.06 bits per heavy atom. The Morgan fingerprint density at radius 3 is 2.25 bits per heavy atom. The van der Waals surface area contributed by atoms with Crippen LogP contribution in [0.1, 0.15) is 10.4 Å². The summed E-state index contributed by atoms with van der Waals surface area (Å²) in [6.45, 7) is 0. The van der Waals surface area contributed by atoms with Gasteiger partial charge in [0.25, 0.3) is 0 Å². The number of carbonyl (C=O) groups excluding carboxylic acids is 1. The van der Waals surface area contributed by atoms with Crippen LogP contribution >= 0.6 is 0 Å². The lowest BCUT2D eigenvalue weighted by atomic mass is 10.1. The summed E-state index contributed by atoms with van der Waals surface area (Å²) >= 11 is 0. The molecule has 1 heterocycles. The Hall–Kier alpha value is -2.36. The fraction of sp³-hybridized carbons (Fsp3) is 0. The average molecular weight is 213 g/mol. The molecule has 1 amide bonds. The molecule has 16 heavy (non-hydrogen) atoms. The number of nitrogens with two attached hydrogens (primary N) is 2. The first kappa shape index (κ1) is 10.2. The molecule has 4 nitrogen and oxygen atoms in total. The van der Waals surface area contributed by atoms with Crippen molar-refractivity contribution in [1.29, 1.82) is 0 Å². The van der Waals surface area contributed by atoms with Crippen LogP contribution in [-0.4, -0.2) is 10.9 Å². The third-order valence-corrected chi connectivity index (χ3v) is 2.25. The maximum absolute atomic E-state index is 10.9. The van der Waals surface area contributed by atoms with Gasteiger partial charge in [-0.2, -0.15) is 0 Å². The number of primary amides is 1. The van der Waals surface area contributed by atoms with Crippen LogP contribution < -0.4 is 11.5 Å². The quantitative estimate of drug-likeness (QED) is 0.791. The van der Waals surface area contributed by atoms with E-state index in [0.717, 1.165) is 11.3 Å². The van der Waals surface area contributed by atoms with Gasteiger partial charge in [0.2, 0.25) is 5.91 Å². The number of nitrogens with zero attached hydrogens (tertiary/aromatic N) is 1. The van der Waals surface area contributed by atoms with Gasteiger partial charge >= 0.3 is 0 Å². The van der Waals surface area contributed by atoms with Gasteiger partial charge in [0.05, 0.1) is 17.6 Å². The van der Waals surface area contributed by atoms with Gasteiger partial charge in [-0.3, -0.25) is 9.78 Å². The van der Waals surface area contributed by atoms with Crippen molar-refractivity contribution in [3.63, 3.8) is 0 Å². The highest BCUT2D eigenvalue weighted by atomic mass is 16.1. The SMILES string of the molecule is NC(=O)c1ccc(-c2ccc(N)cn2)cc1. The van der Waals surface area contributed by atoms with E-state index >= 15 is 0 Å². The number of hydrogen-bond donors (Lipinski definition) is 2. The molecular formula is C12H11N3O. The van der Waals surface area contributed by atoms with Crippen LogP contribution in [0.2, 0.25) is 0 Å². The largest absolute Gasteiger partial charge is 0.397 e. The lowest BCUT2D eigenvalue weighted by molar-refractivity contribution is 0.100. The summed E-state index contributed by atoms with van der Waals surface area (Å²) in [7, 11) is 0. The van der Waals surface area contributed by atoms with Crippen molar-refractivity contribution in [1.82, 2.24) is 4.98 Å². The molecule has 2 aromatic rings. The zero-order chi connectivity index (χ0) is 11.5. The van der Waals surface area contributed by atoms with Crippen molar-refractivity contribution in [3.05, 3.63) is 48.2 Å². The Labute approximate surface area is 92.9 Å². The van der Waals surface area contributed by atoms with Crippen LogP contribution in [0.25, 0.3) is 11.3 Å². The fourth-order valence-electron chi connectivity index (χ4n) is 1.38. The minimum Gasteiger partial charge on any atom is -0.397 e. The molecular weight excluding hydrogens is 202 g/mol. The third kappa shape index (κ3) is 2.00. The molecule has 2 rings (SSSR count). The van der Waals surface area contributed by atoms with Crippen molar-refractivity contribution in [2.24, 2.45) is 5.73 Å². The van der Waals surface area contributed by atoms with Crippen molar-refractivity contribution in [2.45, 2.75) is 0 Å². The molecule has 0 fully saturated rings. The third-order valence-electron chi connectivity index (χ3n) is 2.25. The monoisotopic (exact) mass is 213 g/mol. The molecule has 4 heteroatoms. The lowest BCUT2D eigenvalue weighted by Crippen LogP contribution is -2.10. The number of benzene rings is 1. The topological polar surface area (TPSA) is 82.0 Å².